The lowest BCUT2D eigenvalue weighted by molar-refractivity contribution is -0.113. The molecular weight excluding hydrogens is 364 g/mol. The van der Waals surface area contributed by atoms with E-state index in [1.54, 1.807) is 23.5 Å². The monoisotopic (exact) mass is 378 g/mol. The van der Waals surface area contributed by atoms with Crippen molar-refractivity contribution >= 4 is 54.7 Å². The number of amides is 1. The average Bonchev–Trinajstić information content (AvgIpc) is 2.95. The Labute approximate surface area is 148 Å². The second-order valence-electron chi connectivity index (χ2n) is 5.08. The van der Waals surface area contributed by atoms with E-state index in [1.165, 1.54) is 23.9 Å². The molecule has 1 heterocycles. The van der Waals surface area contributed by atoms with Crippen molar-refractivity contribution in [2.45, 2.75) is 9.24 Å². The highest BCUT2D eigenvalue weighted by molar-refractivity contribution is 8.01. The predicted octanol–water partition coefficient (Wildman–Crippen LogP) is 3.43. The number of fused-ring (bicyclic) bond motifs is 1. The zero-order chi connectivity index (χ0) is 17.2. The summed E-state index contributed by atoms with van der Waals surface area (Å²) in [6, 6.07) is 14.0. The molecule has 0 atom stereocenters. The van der Waals surface area contributed by atoms with Crippen molar-refractivity contribution in [2.75, 3.05) is 17.3 Å². The van der Waals surface area contributed by atoms with Crippen molar-refractivity contribution in [1.82, 2.24) is 4.98 Å². The van der Waals surface area contributed by atoms with Gasteiger partial charge >= 0.3 is 0 Å². The van der Waals surface area contributed by atoms with E-state index in [2.05, 4.69) is 10.3 Å². The number of rotatable bonds is 5. The molecule has 1 aromatic heterocycles. The molecule has 5 nitrogen and oxygen atoms in total. The van der Waals surface area contributed by atoms with E-state index < -0.39 is 9.84 Å². The Balaban J connectivity index is 1.59. The van der Waals surface area contributed by atoms with Crippen LogP contribution in [0.25, 0.3) is 10.2 Å². The van der Waals surface area contributed by atoms with Crippen LogP contribution in [0.2, 0.25) is 0 Å². The van der Waals surface area contributed by atoms with Gasteiger partial charge in [0.05, 0.1) is 20.9 Å². The minimum Gasteiger partial charge on any atom is -0.325 e. The van der Waals surface area contributed by atoms with Crippen LogP contribution >= 0.6 is 23.1 Å². The predicted molar refractivity (Wildman–Crippen MR) is 98.5 cm³/mol. The quantitative estimate of drug-likeness (QED) is 0.689. The van der Waals surface area contributed by atoms with Gasteiger partial charge in [-0.3, -0.25) is 4.79 Å². The molecule has 0 radical (unpaired) electrons. The van der Waals surface area contributed by atoms with Crippen LogP contribution in [-0.4, -0.2) is 31.3 Å². The second-order valence-corrected chi connectivity index (χ2v) is 9.35. The Kier molecular flexibility index (Phi) is 4.88. The van der Waals surface area contributed by atoms with Crippen LogP contribution in [-0.2, 0) is 14.6 Å². The van der Waals surface area contributed by atoms with Crippen LogP contribution in [0.4, 0.5) is 5.69 Å². The summed E-state index contributed by atoms with van der Waals surface area (Å²) in [5.74, 6) is 0.0829. The van der Waals surface area contributed by atoms with E-state index in [4.69, 9.17) is 0 Å². The number of benzene rings is 2. The van der Waals surface area contributed by atoms with Crippen molar-refractivity contribution in [2.24, 2.45) is 0 Å². The fourth-order valence-electron chi connectivity index (χ4n) is 2.02. The van der Waals surface area contributed by atoms with E-state index in [-0.39, 0.29) is 16.6 Å². The van der Waals surface area contributed by atoms with Crippen LogP contribution in [0, 0.1) is 0 Å². The smallest absolute Gasteiger partial charge is 0.234 e. The van der Waals surface area contributed by atoms with Crippen molar-refractivity contribution in [1.29, 1.82) is 0 Å². The van der Waals surface area contributed by atoms with Gasteiger partial charge in [0.2, 0.25) is 5.91 Å². The van der Waals surface area contributed by atoms with Gasteiger partial charge in [-0.2, -0.15) is 0 Å². The number of carbonyl (C=O) groups is 1. The fourth-order valence-corrected chi connectivity index (χ4v) is 4.52. The molecule has 0 aliphatic heterocycles. The molecular formula is C16H14N2O3S3. The third kappa shape index (κ3) is 4.14. The number of thiazole rings is 1. The summed E-state index contributed by atoms with van der Waals surface area (Å²) >= 11 is 2.94. The molecule has 0 saturated carbocycles. The molecule has 1 N–H and O–H groups in total. The molecule has 0 bridgehead atoms. The minimum absolute atomic E-state index is 0.161. The first kappa shape index (κ1) is 16.9. The first-order valence-corrected chi connectivity index (χ1v) is 10.7. The standard InChI is InChI=1S/C16H14N2O3S3/c1-24(20,21)12-8-6-11(7-9-12)17-15(19)10-22-16-18-13-4-2-3-5-14(13)23-16/h2-9H,10H2,1H3,(H,17,19). The molecule has 8 heteroatoms. The van der Waals surface area contributed by atoms with Crippen LogP contribution in [0.3, 0.4) is 0 Å². The van der Waals surface area contributed by atoms with E-state index in [9.17, 15) is 13.2 Å². The molecule has 0 saturated heterocycles. The number of carbonyl (C=O) groups excluding carboxylic acids is 1. The number of anilines is 1. The summed E-state index contributed by atoms with van der Waals surface area (Å²) in [5.41, 5.74) is 1.50. The zero-order valence-corrected chi connectivity index (χ0v) is 15.2. The molecule has 1 amide bonds. The third-order valence-corrected chi connectivity index (χ3v) is 6.48. The number of hydrogen-bond acceptors (Lipinski definition) is 6. The maximum Gasteiger partial charge on any atom is 0.234 e. The van der Waals surface area contributed by atoms with Crippen molar-refractivity contribution in [3.8, 4) is 0 Å². The Hall–Kier alpha value is -1.90. The van der Waals surface area contributed by atoms with Crippen LogP contribution < -0.4 is 5.32 Å². The second kappa shape index (κ2) is 6.92. The van der Waals surface area contributed by atoms with Crippen LogP contribution in [0.5, 0.6) is 0 Å². The SMILES string of the molecule is CS(=O)(=O)c1ccc(NC(=O)CSc2nc3ccccc3s2)cc1. The van der Waals surface area contributed by atoms with E-state index in [0.29, 0.717) is 5.69 Å². The number of aromatic nitrogens is 1. The summed E-state index contributed by atoms with van der Waals surface area (Å²) in [7, 11) is -3.23. The lowest BCUT2D eigenvalue weighted by atomic mass is 10.3. The number of thioether (sulfide) groups is 1. The van der Waals surface area contributed by atoms with Gasteiger partial charge in [-0.05, 0) is 36.4 Å². The zero-order valence-electron chi connectivity index (χ0n) is 12.7. The van der Waals surface area contributed by atoms with Gasteiger partial charge in [-0.1, -0.05) is 23.9 Å². The molecule has 0 fully saturated rings. The van der Waals surface area contributed by atoms with Gasteiger partial charge in [-0.25, -0.2) is 13.4 Å². The lowest BCUT2D eigenvalue weighted by Gasteiger charge is -2.05. The number of nitrogens with zero attached hydrogens (tertiary/aromatic N) is 1. The normalized spacial score (nSPS) is 11.5. The first-order valence-electron chi connectivity index (χ1n) is 7.00. The van der Waals surface area contributed by atoms with Crippen molar-refractivity contribution in [3.63, 3.8) is 0 Å². The third-order valence-electron chi connectivity index (χ3n) is 3.17. The van der Waals surface area contributed by atoms with Gasteiger partial charge in [0.15, 0.2) is 14.2 Å². The molecule has 3 rings (SSSR count). The highest BCUT2D eigenvalue weighted by Gasteiger charge is 2.09. The summed E-state index contributed by atoms with van der Waals surface area (Å²) in [4.78, 5) is 16.7. The largest absolute Gasteiger partial charge is 0.325 e. The van der Waals surface area contributed by atoms with Crippen LogP contribution in [0.15, 0.2) is 57.8 Å². The summed E-state index contributed by atoms with van der Waals surface area (Å²) in [5, 5.41) is 2.75. The van der Waals surface area contributed by atoms with Gasteiger partial charge < -0.3 is 5.32 Å². The molecule has 0 aliphatic rings. The Morgan fingerprint density at radius 2 is 1.88 bits per heavy atom. The first-order chi connectivity index (χ1) is 11.4. The highest BCUT2D eigenvalue weighted by atomic mass is 32.2. The molecule has 124 valence electrons. The Morgan fingerprint density at radius 3 is 2.54 bits per heavy atom. The Morgan fingerprint density at radius 1 is 1.17 bits per heavy atom. The molecule has 0 unspecified atom stereocenters. The highest BCUT2D eigenvalue weighted by Crippen LogP contribution is 2.29. The fraction of sp³-hybridized carbons (Fsp3) is 0.125. The van der Waals surface area contributed by atoms with Gasteiger partial charge in [0, 0.05) is 11.9 Å². The van der Waals surface area contributed by atoms with Gasteiger partial charge in [0.1, 0.15) is 0 Å². The topological polar surface area (TPSA) is 76.1 Å². The molecule has 0 spiro atoms. The minimum atomic E-state index is -3.23. The number of hydrogen-bond donors (Lipinski definition) is 1. The number of sulfone groups is 1. The van der Waals surface area contributed by atoms with Gasteiger partial charge in [-0.15, -0.1) is 11.3 Å². The summed E-state index contributed by atoms with van der Waals surface area (Å²) in [6.45, 7) is 0. The van der Waals surface area contributed by atoms with E-state index in [0.717, 1.165) is 20.8 Å². The number of nitrogens with one attached hydrogen (secondary N) is 1. The maximum absolute atomic E-state index is 12.0. The van der Waals surface area contributed by atoms with E-state index >= 15 is 0 Å². The molecule has 0 aliphatic carbocycles. The summed E-state index contributed by atoms with van der Waals surface area (Å²) in [6.07, 6.45) is 1.15. The van der Waals surface area contributed by atoms with Crippen molar-refractivity contribution in [3.05, 3.63) is 48.5 Å². The van der Waals surface area contributed by atoms with Crippen LogP contribution in [0.1, 0.15) is 0 Å². The molecule has 24 heavy (non-hydrogen) atoms. The number of para-hydroxylation sites is 1. The summed E-state index contributed by atoms with van der Waals surface area (Å²) < 4.78 is 24.7. The van der Waals surface area contributed by atoms with Gasteiger partial charge in [0.25, 0.3) is 0 Å². The van der Waals surface area contributed by atoms with E-state index in [1.807, 2.05) is 24.3 Å². The maximum atomic E-state index is 12.0. The average molecular weight is 379 g/mol. The lowest BCUT2D eigenvalue weighted by Crippen LogP contribution is -2.14. The van der Waals surface area contributed by atoms with Crippen molar-refractivity contribution < 1.29 is 13.2 Å². The Bertz CT molecular complexity index is 946. The molecule has 3 aromatic rings. The molecule has 2 aromatic carbocycles.